The number of benzene rings is 1. The van der Waals surface area contributed by atoms with Crippen LogP contribution in [-0.4, -0.2) is 5.11 Å². The van der Waals surface area contributed by atoms with Gasteiger partial charge in [-0.05, 0) is 43.2 Å². The van der Waals surface area contributed by atoms with E-state index >= 15 is 0 Å². The number of rotatable bonds is 3. The lowest BCUT2D eigenvalue weighted by atomic mass is 9.91. The van der Waals surface area contributed by atoms with E-state index in [1.54, 1.807) is 6.92 Å². The van der Waals surface area contributed by atoms with Gasteiger partial charge in [0.05, 0.1) is 11.7 Å². The molecule has 1 N–H and O–H groups in total. The Morgan fingerprint density at radius 3 is 2.50 bits per heavy atom. The van der Waals surface area contributed by atoms with E-state index in [9.17, 15) is 13.9 Å². The van der Waals surface area contributed by atoms with Gasteiger partial charge in [-0.1, -0.05) is 13.0 Å². The van der Waals surface area contributed by atoms with Crippen LogP contribution in [0.4, 0.5) is 8.78 Å². The fourth-order valence-electron chi connectivity index (χ4n) is 2.09. The van der Waals surface area contributed by atoms with Crippen molar-refractivity contribution in [2.24, 2.45) is 11.8 Å². The van der Waals surface area contributed by atoms with E-state index < -0.39 is 17.7 Å². The molecule has 1 nitrogen and oxygen atoms in total. The zero-order chi connectivity index (χ0) is 11.9. The van der Waals surface area contributed by atoms with Crippen LogP contribution in [0.2, 0.25) is 0 Å². The number of aliphatic hydroxyl groups is 1. The molecule has 2 unspecified atom stereocenters. The Morgan fingerprint density at radius 1 is 1.31 bits per heavy atom. The normalized spacial score (nSPS) is 19.6. The molecule has 0 heterocycles. The summed E-state index contributed by atoms with van der Waals surface area (Å²) in [6.07, 6.45) is 1.06. The molecule has 2 rings (SSSR count). The molecule has 1 fully saturated rings. The van der Waals surface area contributed by atoms with Crippen LogP contribution in [0, 0.1) is 30.4 Å². The monoisotopic (exact) mass is 226 g/mol. The fraction of sp³-hybridized carbons (Fsp3) is 0.538. The topological polar surface area (TPSA) is 20.2 Å². The lowest BCUT2D eigenvalue weighted by Crippen LogP contribution is -2.15. The van der Waals surface area contributed by atoms with Crippen LogP contribution in [0.25, 0.3) is 0 Å². The maximum Gasteiger partial charge on any atom is 0.134 e. The summed E-state index contributed by atoms with van der Waals surface area (Å²) in [6.45, 7) is 3.43. The minimum Gasteiger partial charge on any atom is -0.388 e. The van der Waals surface area contributed by atoms with Gasteiger partial charge in [0.1, 0.15) is 11.6 Å². The predicted molar refractivity (Wildman–Crippen MR) is 57.9 cm³/mol. The van der Waals surface area contributed by atoms with E-state index in [4.69, 9.17) is 0 Å². The number of hydrogen-bond donors (Lipinski definition) is 1. The highest BCUT2D eigenvalue weighted by Gasteiger charge is 2.35. The van der Waals surface area contributed by atoms with E-state index in [2.05, 4.69) is 0 Å². The molecule has 1 aliphatic rings. The third kappa shape index (κ3) is 1.96. The van der Waals surface area contributed by atoms with Gasteiger partial charge in [-0.2, -0.15) is 0 Å². The van der Waals surface area contributed by atoms with Crippen molar-refractivity contribution in [1.82, 2.24) is 0 Å². The molecule has 1 saturated carbocycles. The molecular weight excluding hydrogens is 210 g/mol. The summed E-state index contributed by atoms with van der Waals surface area (Å²) < 4.78 is 27.3. The van der Waals surface area contributed by atoms with Crippen molar-refractivity contribution in [3.05, 3.63) is 34.9 Å². The molecule has 0 bridgehead atoms. The van der Waals surface area contributed by atoms with E-state index in [1.807, 2.05) is 6.92 Å². The van der Waals surface area contributed by atoms with Crippen molar-refractivity contribution in [1.29, 1.82) is 0 Å². The molecular formula is C13H16F2O. The molecule has 0 aliphatic heterocycles. The molecule has 0 amide bonds. The quantitative estimate of drug-likeness (QED) is 0.838. The lowest BCUT2D eigenvalue weighted by molar-refractivity contribution is 0.0979. The van der Waals surface area contributed by atoms with Crippen molar-refractivity contribution in [3.8, 4) is 0 Å². The molecule has 3 heteroatoms. The van der Waals surface area contributed by atoms with Crippen molar-refractivity contribution in [2.75, 3.05) is 0 Å². The molecule has 88 valence electrons. The first-order chi connectivity index (χ1) is 7.52. The third-order valence-electron chi connectivity index (χ3n) is 3.48. The van der Waals surface area contributed by atoms with Gasteiger partial charge in [0, 0.05) is 0 Å². The summed E-state index contributed by atoms with van der Waals surface area (Å²) in [5, 5.41) is 10.0. The predicted octanol–water partition coefficient (Wildman–Crippen LogP) is 3.35. The van der Waals surface area contributed by atoms with Crippen LogP contribution >= 0.6 is 0 Å². The van der Waals surface area contributed by atoms with Crippen LogP contribution in [-0.2, 0) is 0 Å². The summed E-state index contributed by atoms with van der Waals surface area (Å²) in [6, 6.07) is 2.61. The van der Waals surface area contributed by atoms with Crippen LogP contribution < -0.4 is 0 Å². The van der Waals surface area contributed by atoms with Crippen LogP contribution in [0.15, 0.2) is 12.1 Å². The third-order valence-corrected chi connectivity index (χ3v) is 3.48. The highest BCUT2D eigenvalue weighted by atomic mass is 19.1. The minimum atomic E-state index is -1.03. The summed E-state index contributed by atoms with van der Waals surface area (Å²) in [4.78, 5) is 0. The molecule has 0 radical (unpaired) electrons. The van der Waals surface area contributed by atoms with Gasteiger partial charge in [-0.3, -0.25) is 0 Å². The fourth-order valence-corrected chi connectivity index (χ4v) is 2.09. The molecule has 1 aliphatic carbocycles. The Morgan fingerprint density at radius 2 is 1.94 bits per heavy atom. The Labute approximate surface area is 94.1 Å². The van der Waals surface area contributed by atoms with E-state index in [1.165, 1.54) is 12.1 Å². The zero-order valence-corrected chi connectivity index (χ0v) is 9.50. The first-order valence-corrected chi connectivity index (χ1v) is 5.65. The number of aliphatic hydroxyl groups excluding tert-OH is 1. The average molecular weight is 226 g/mol. The van der Waals surface area contributed by atoms with Gasteiger partial charge in [0.25, 0.3) is 0 Å². The van der Waals surface area contributed by atoms with Crippen molar-refractivity contribution in [3.63, 3.8) is 0 Å². The molecule has 16 heavy (non-hydrogen) atoms. The standard InChI is InChI=1S/C13H16F2O/c1-7-3-6-10(14)11(12(7)15)13(16)8(2)9-4-5-9/h3,6,8-9,13,16H,4-5H2,1-2H3. The van der Waals surface area contributed by atoms with E-state index in [0.29, 0.717) is 11.5 Å². The maximum atomic E-state index is 13.8. The molecule has 0 spiro atoms. The zero-order valence-electron chi connectivity index (χ0n) is 9.50. The van der Waals surface area contributed by atoms with Gasteiger partial charge >= 0.3 is 0 Å². The first-order valence-electron chi connectivity index (χ1n) is 5.65. The van der Waals surface area contributed by atoms with E-state index in [-0.39, 0.29) is 11.5 Å². The second-order valence-corrected chi connectivity index (χ2v) is 4.73. The highest BCUT2D eigenvalue weighted by Crippen LogP contribution is 2.43. The second-order valence-electron chi connectivity index (χ2n) is 4.73. The smallest absolute Gasteiger partial charge is 0.134 e. The van der Waals surface area contributed by atoms with Gasteiger partial charge < -0.3 is 5.11 Å². The van der Waals surface area contributed by atoms with Crippen LogP contribution in [0.3, 0.4) is 0 Å². The summed E-state index contributed by atoms with van der Waals surface area (Å²) in [7, 11) is 0. The van der Waals surface area contributed by atoms with Crippen LogP contribution in [0.5, 0.6) is 0 Å². The highest BCUT2D eigenvalue weighted by molar-refractivity contribution is 5.28. The van der Waals surface area contributed by atoms with Gasteiger partial charge in [0.2, 0.25) is 0 Å². The van der Waals surface area contributed by atoms with Crippen molar-refractivity contribution in [2.45, 2.75) is 32.8 Å². The lowest BCUT2D eigenvalue weighted by Gasteiger charge is -2.20. The summed E-state index contributed by atoms with van der Waals surface area (Å²) in [5.74, 6) is -0.928. The maximum absolute atomic E-state index is 13.8. The molecule has 2 atom stereocenters. The molecule has 1 aromatic carbocycles. The summed E-state index contributed by atoms with van der Waals surface area (Å²) in [5.41, 5.74) is 0.206. The molecule has 1 aromatic rings. The minimum absolute atomic E-state index is 0.0780. The largest absolute Gasteiger partial charge is 0.388 e. The number of aryl methyl sites for hydroxylation is 1. The van der Waals surface area contributed by atoms with Gasteiger partial charge in [0.15, 0.2) is 0 Å². The second kappa shape index (κ2) is 4.13. The number of hydrogen-bond acceptors (Lipinski definition) is 1. The Kier molecular flexibility index (Phi) is 2.98. The molecule has 0 saturated heterocycles. The van der Waals surface area contributed by atoms with E-state index in [0.717, 1.165) is 12.8 Å². The SMILES string of the molecule is Cc1ccc(F)c(C(O)C(C)C2CC2)c1F. The Hall–Kier alpha value is -0.960. The Balaban J connectivity index is 2.34. The summed E-state index contributed by atoms with van der Waals surface area (Å²) >= 11 is 0. The Bertz CT molecular complexity index is 399. The molecule has 0 aromatic heterocycles. The van der Waals surface area contributed by atoms with Crippen molar-refractivity contribution < 1.29 is 13.9 Å². The van der Waals surface area contributed by atoms with Gasteiger partial charge in [-0.15, -0.1) is 0 Å². The average Bonchev–Trinajstić information content (AvgIpc) is 3.06. The van der Waals surface area contributed by atoms with Crippen molar-refractivity contribution >= 4 is 0 Å². The van der Waals surface area contributed by atoms with Gasteiger partial charge in [-0.25, -0.2) is 8.78 Å². The first kappa shape index (κ1) is 11.5. The number of halogens is 2. The van der Waals surface area contributed by atoms with Crippen LogP contribution in [0.1, 0.15) is 37.0 Å².